The molecule has 0 amide bonds. The zero-order valence-electron chi connectivity index (χ0n) is 13.1. The predicted molar refractivity (Wildman–Crippen MR) is 90.3 cm³/mol. The molecule has 5 heteroatoms. The first-order chi connectivity index (χ1) is 11.3. The number of aromatic nitrogens is 3. The molecule has 1 N–H and O–H groups in total. The first-order valence-corrected chi connectivity index (χ1v) is 7.39. The molecule has 3 aromatic rings. The molecule has 0 radical (unpaired) electrons. The first-order valence-electron chi connectivity index (χ1n) is 7.39. The van der Waals surface area contributed by atoms with Crippen molar-refractivity contribution < 1.29 is 4.74 Å². The van der Waals surface area contributed by atoms with Gasteiger partial charge in [-0.25, -0.2) is 4.98 Å². The fourth-order valence-electron chi connectivity index (χ4n) is 2.29. The highest BCUT2D eigenvalue weighted by Crippen LogP contribution is 2.22. The second-order valence-corrected chi connectivity index (χ2v) is 5.18. The van der Waals surface area contributed by atoms with Gasteiger partial charge in [0.1, 0.15) is 11.6 Å². The van der Waals surface area contributed by atoms with Gasteiger partial charge in [0.25, 0.3) is 0 Å². The number of rotatable bonds is 5. The van der Waals surface area contributed by atoms with Crippen LogP contribution in [0.15, 0.2) is 61.2 Å². The summed E-state index contributed by atoms with van der Waals surface area (Å²) in [6.45, 7) is 2.09. The molecule has 0 unspecified atom stereocenters. The average Bonchev–Trinajstić information content (AvgIpc) is 2.63. The lowest BCUT2D eigenvalue weighted by Gasteiger charge is -2.15. The van der Waals surface area contributed by atoms with Crippen molar-refractivity contribution >= 4 is 5.82 Å². The Morgan fingerprint density at radius 2 is 1.78 bits per heavy atom. The maximum atomic E-state index is 5.20. The molecule has 3 rings (SSSR count). The Balaban J connectivity index is 1.82. The molecular weight excluding hydrogens is 288 g/mol. The Morgan fingerprint density at radius 3 is 2.57 bits per heavy atom. The lowest BCUT2D eigenvalue weighted by molar-refractivity contribution is 0.413. The summed E-state index contributed by atoms with van der Waals surface area (Å²) < 4.78 is 5.20. The molecule has 0 bridgehead atoms. The third-order valence-corrected chi connectivity index (χ3v) is 3.54. The molecule has 1 atom stereocenters. The summed E-state index contributed by atoms with van der Waals surface area (Å²) >= 11 is 0. The van der Waals surface area contributed by atoms with Crippen LogP contribution in [-0.2, 0) is 0 Å². The third-order valence-electron chi connectivity index (χ3n) is 3.54. The van der Waals surface area contributed by atoms with Crippen molar-refractivity contribution in [2.45, 2.75) is 13.0 Å². The summed E-state index contributed by atoms with van der Waals surface area (Å²) in [6, 6.07) is 12.3. The van der Waals surface area contributed by atoms with Crippen LogP contribution in [0, 0.1) is 0 Å². The predicted octanol–water partition coefficient (Wildman–Crippen LogP) is 3.72. The van der Waals surface area contributed by atoms with Crippen molar-refractivity contribution in [1.82, 2.24) is 15.0 Å². The highest BCUT2D eigenvalue weighted by Gasteiger charge is 2.08. The van der Waals surface area contributed by atoms with E-state index in [1.807, 2.05) is 24.3 Å². The van der Waals surface area contributed by atoms with Crippen LogP contribution in [0.25, 0.3) is 11.3 Å². The van der Waals surface area contributed by atoms with Gasteiger partial charge in [0.05, 0.1) is 31.4 Å². The summed E-state index contributed by atoms with van der Waals surface area (Å²) in [5, 5.41) is 3.37. The number of pyridine rings is 1. The number of benzene rings is 1. The largest absolute Gasteiger partial charge is 0.495 e. The van der Waals surface area contributed by atoms with Crippen molar-refractivity contribution in [3.05, 3.63) is 66.7 Å². The van der Waals surface area contributed by atoms with Gasteiger partial charge >= 0.3 is 0 Å². The van der Waals surface area contributed by atoms with Crippen LogP contribution in [0.5, 0.6) is 5.75 Å². The van der Waals surface area contributed by atoms with E-state index < -0.39 is 0 Å². The minimum Gasteiger partial charge on any atom is -0.495 e. The normalized spacial score (nSPS) is 11.7. The van der Waals surface area contributed by atoms with Crippen LogP contribution in [0.1, 0.15) is 18.5 Å². The van der Waals surface area contributed by atoms with Gasteiger partial charge in [-0.05, 0) is 18.6 Å². The topological polar surface area (TPSA) is 59.9 Å². The fourth-order valence-corrected chi connectivity index (χ4v) is 2.29. The lowest BCUT2D eigenvalue weighted by atomic mass is 10.1. The average molecular weight is 306 g/mol. The fraction of sp³-hybridized carbons (Fsp3) is 0.167. The van der Waals surface area contributed by atoms with Gasteiger partial charge in [-0.15, -0.1) is 0 Å². The number of hydrogen-bond acceptors (Lipinski definition) is 5. The van der Waals surface area contributed by atoms with Gasteiger partial charge < -0.3 is 10.1 Å². The van der Waals surface area contributed by atoms with E-state index in [2.05, 4.69) is 39.3 Å². The summed E-state index contributed by atoms with van der Waals surface area (Å²) in [5.74, 6) is 1.42. The van der Waals surface area contributed by atoms with Crippen LogP contribution < -0.4 is 10.1 Å². The van der Waals surface area contributed by atoms with Crippen molar-refractivity contribution in [3.8, 4) is 17.0 Å². The van der Waals surface area contributed by atoms with E-state index >= 15 is 0 Å². The van der Waals surface area contributed by atoms with Gasteiger partial charge in [-0.1, -0.05) is 30.3 Å². The van der Waals surface area contributed by atoms with E-state index in [9.17, 15) is 0 Å². The summed E-state index contributed by atoms with van der Waals surface area (Å²) in [5.41, 5.74) is 2.82. The summed E-state index contributed by atoms with van der Waals surface area (Å²) in [7, 11) is 1.62. The summed E-state index contributed by atoms with van der Waals surface area (Å²) in [4.78, 5) is 13.0. The van der Waals surface area contributed by atoms with Gasteiger partial charge in [0.15, 0.2) is 0 Å². The lowest BCUT2D eigenvalue weighted by Crippen LogP contribution is -2.08. The molecule has 2 aromatic heterocycles. The highest BCUT2D eigenvalue weighted by atomic mass is 16.5. The van der Waals surface area contributed by atoms with Crippen molar-refractivity contribution in [1.29, 1.82) is 0 Å². The molecule has 23 heavy (non-hydrogen) atoms. The maximum Gasteiger partial charge on any atom is 0.145 e. The Labute approximate surface area is 135 Å². The van der Waals surface area contributed by atoms with E-state index in [0.29, 0.717) is 5.75 Å². The molecule has 5 nitrogen and oxygen atoms in total. The minimum absolute atomic E-state index is 0.143. The molecule has 0 aliphatic rings. The first kappa shape index (κ1) is 15.0. The molecule has 2 heterocycles. The van der Waals surface area contributed by atoms with E-state index in [-0.39, 0.29) is 6.04 Å². The zero-order chi connectivity index (χ0) is 16.1. The Hall–Kier alpha value is -2.95. The second kappa shape index (κ2) is 6.87. The maximum absolute atomic E-state index is 5.20. The van der Waals surface area contributed by atoms with Crippen LogP contribution in [0.2, 0.25) is 0 Å². The molecule has 1 aromatic carbocycles. The van der Waals surface area contributed by atoms with Gasteiger partial charge in [-0.3, -0.25) is 9.97 Å². The standard InChI is InChI=1S/C18H18N4O/c1-13(14-6-4-3-5-7-14)21-18-12-20-11-17(22-18)15-8-16(23-2)10-19-9-15/h3-13H,1-2H3,(H,21,22)/t13-/m1/s1. The Morgan fingerprint density at radius 1 is 1.00 bits per heavy atom. The van der Waals surface area contributed by atoms with E-state index in [1.54, 1.807) is 31.9 Å². The Kier molecular flexibility index (Phi) is 4.47. The monoisotopic (exact) mass is 306 g/mol. The third kappa shape index (κ3) is 3.63. The summed E-state index contributed by atoms with van der Waals surface area (Å²) in [6.07, 6.45) is 6.85. The smallest absolute Gasteiger partial charge is 0.145 e. The van der Waals surface area contributed by atoms with Crippen molar-refractivity contribution in [2.75, 3.05) is 12.4 Å². The molecule has 116 valence electrons. The van der Waals surface area contributed by atoms with E-state index in [4.69, 9.17) is 4.74 Å². The minimum atomic E-state index is 0.143. The van der Waals surface area contributed by atoms with Crippen LogP contribution >= 0.6 is 0 Å². The molecule has 0 fully saturated rings. The molecule has 0 spiro atoms. The number of nitrogens with one attached hydrogen (secondary N) is 1. The highest BCUT2D eigenvalue weighted by molar-refractivity contribution is 5.60. The SMILES string of the molecule is COc1cncc(-c2cncc(N[C@H](C)c3ccccc3)n2)c1. The molecule has 0 saturated heterocycles. The molecular formula is C18H18N4O. The van der Waals surface area contributed by atoms with Gasteiger partial charge in [0.2, 0.25) is 0 Å². The quantitative estimate of drug-likeness (QED) is 0.778. The Bertz CT molecular complexity index is 777. The van der Waals surface area contributed by atoms with Gasteiger partial charge in [0, 0.05) is 17.8 Å². The van der Waals surface area contributed by atoms with E-state index in [0.717, 1.165) is 17.1 Å². The van der Waals surface area contributed by atoms with Crippen LogP contribution in [0.4, 0.5) is 5.82 Å². The number of methoxy groups -OCH3 is 1. The number of anilines is 1. The molecule has 0 saturated carbocycles. The van der Waals surface area contributed by atoms with E-state index in [1.165, 1.54) is 5.56 Å². The number of nitrogens with zero attached hydrogens (tertiary/aromatic N) is 3. The van der Waals surface area contributed by atoms with Crippen LogP contribution in [0.3, 0.4) is 0 Å². The van der Waals surface area contributed by atoms with Crippen LogP contribution in [-0.4, -0.2) is 22.1 Å². The van der Waals surface area contributed by atoms with Gasteiger partial charge in [-0.2, -0.15) is 0 Å². The van der Waals surface area contributed by atoms with Crippen molar-refractivity contribution in [2.24, 2.45) is 0 Å². The number of ether oxygens (including phenoxy) is 1. The second-order valence-electron chi connectivity index (χ2n) is 5.18. The zero-order valence-corrected chi connectivity index (χ0v) is 13.1. The van der Waals surface area contributed by atoms with Crippen molar-refractivity contribution in [3.63, 3.8) is 0 Å². The molecule has 0 aliphatic carbocycles. The number of hydrogen-bond donors (Lipinski definition) is 1. The molecule has 0 aliphatic heterocycles.